The molecule has 31 heavy (non-hydrogen) atoms. The second kappa shape index (κ2) is 13.8. The largest absolute Gasteiger partial charge is 0.496 e. The molecule has 0 amide bonds. The van der Waals surface area contributed by atoms with Crippen LogP contribution in [0.5, 0.6) is 0 Å². The predicted molar refractivity (Wildman–Crippen MR) is 140 cm³/mol. The first-order valence-corrected chi connectivity index (χ1v) is 11.9. The van der Waals surface area contributed by atoms with Gasteiger partial charge < -0.3 is 9.15 Å². The van der Waals surface area contributed by atoms with Crippen molar-refractivity contribution in [1.82, 2.24) is 4.98 Å². The summed E-state index contributed by atoms with van der Waals surface area (Å²) in [7, 11) is 2.79. The van der Waals surface area contributed by atoms with Crippen molar-refractivity contribution in [2.45, 2.75) is 67.9 Å². The number of ether oxygens (including phenoxy) is 1. The number of aromatic nitrogens is 1. The van der Waals surface area contributed by atoms with E-state index in [1.54, 1.807) is 0 Å². The van der Waals surface area contributed by atoms with E-state index in [9.17, 15) is 0 Å². The summed E-state index contributed by atoms with van der Waals surface area (Å²) in [5.41, 5.74) is 4.88. The van der Waals surface area contributed by atoms with E-state index in [4.69, 9.17) is 9.15 Å². The van der Waals surface area contributed by atoms with Crippen LogP contribution >= 0.6 is 9.24 Å². The summed E-state index contributed by atoms with van der Waals surface area (Å²) in [6.45, 7) is 16.1. The normalized spacial score (nSPS) is 11.5. The Kier molecular flexibility index (Phi) is 11.9. The molecule has 0 aliphatic rings. The van der Waals surface area contributed by atoms with Crippen molar-refractivity contribution in [2.75, 3.05) is 0 Å². The lowest BCUT2D eigenvalue weighted by atomic mass is 10.1. The van der Waals surface area contributed by atoms with Gasteiger partial charge in [-0.3, -0.25) is 0 Å². The van der Waals surface area contributed by atoms with Gasteiger partial charge in [-0.05, 0) is 61.8 Å². The fourth-order valence-corrected chi connectivity index (χ4v) is 3.40. The Labute approximate surface area is 190 Å². The number of nitrogens with zero attached hydrogens (tertiary/aromatic N) is 1. The van der Waals surface area contributed by atoms with Crippen molar-refractivity contribution in [3.63, 3.8) is 0 Å². The fourth-order valence-electron chi connectivity index (χ4n) is 3.03. The minimum Gasteiger partial charge on any atom is -0.496 e. The van der Waals surface area contributed by atoms with Crippen molar-refractivity contribution in [2.24, 2.45) is 0 Å². The van der Waals surface area contributed by atoms with Crippen LogP contribution in [0.1, 0.15) is 67.7 Å². The van der Waals surface area contributed by atoms with Gasteiger partial charge in [-0.15, -0.1) is 9.24 Å². The third-order valence-corrected chi connectivity index (χ3v) is 4.62. The standard InChI is InChI=1S/C23H26NO2P.2C2H6/c1-5-8-18(13-16(4)25-15(2)3)23-24-20-12-11-17(14-21(20)26-23)19-9-6-7-10-22(19)27;2*1-2/h6-15H,5,27H2,1-4H3;2*1-2H3/b16-13+,18-8+;;. The zero-order valence-electron chi connectivity index (χ0n) is 20.3. The first-order valence-electron chi connectivity index (χ1n) is 11.3. The van der Waals surface area contributed by atoms with Crippen LogP contribution in [0.2, 0.25) is 0 Å². The van der Waals surface area contributed by atoms with E-state index in [1.165, 1.54) is 5.56 Å². The Morgan fingerprint density at radius 2 is 1.77 bits per heavy atom. The molecular formula is C27H38NO2P. The first-order chi connectivity index (χ1) is 15.0. The van der Waals surface area contributed by atoms with Gasteiger partial charge in [0.05, 0.1) is 11.9 Å². The summed E-state index contributed by atoms with van der Waals surface area (Å²) in [6, 6.07) is 14.4. The lowest BCUT2D eigenvalue weighted by Crippen LogP contribution is -2.00. The lowest BCUT2D eigenvalue weighted by Gasteiger charge is -2.09. The molecule has 0 aliphatic carbocycles. The molecule has 0 spiro atoms. The van der Waals surface area contributed by atoms with Gasteiger partial charge >= 0.3 is 0 Å². The van der Waals surface area contributed by atoms with Crippen molar-refractivity contribution in [3.05, 3.63) is 66.3 Å². The summed E-state index contributed by atoms with van der Waals surface area (Å²) in [6.07, 6.45) is 5.14. The van der Waals surface area contributed by atoms with Crippen molar-refractivity contribution in [1.29, 1.82) is 0 Å². The second-order valence-corrected chi connectivity index (χ2v) is 7.40. The maximum Gasteiger partial charge on any atom is 0.227 e. The number of hydrogen-bond donors (Lipinski definition) is 0. The van der Waals surface area contributed by atoms with Gasteiger partial charge in [0.1, 0.15) is 5.52 Å². The van der Waals surface area contributed by atoms with E-state index < -0.39 is 0 Å². The summed E-state index contributed by atoms with van der Waals surface area (Å²) in [5, 5.41) is 1.16. The van der Waals surface area contributed by atoms with Crippen molar-refractivity contribution < 1.29 is 9.15 Å². The average molecular weight is 440 g/mol. The minimum atomic E-state index is 0.141. The summed E-state index contributed by atoms with van der Waals surface area (Å²) < 4.78 is 11.9. The molecule has 4 heteroatoms. The third-order valence-electron chi connectivity index (χ3n) is 4.11. The number of benzene rings is 2. The summed E-state index contributed by atoms with van der Waals surface area (Å²) >= 11 is 0. The Hall–Kier alpha value is -2.38. The molecule has 0 fully saturated rings. The van der Waals surface area contributed by atoms with E-state index in [2.05, 4.69) is 51.5 Å². The number of oxazole rings is 1. The molecule has 0 radical (unpaired) electrons. The SMILES string of the molecule is CC.CC.CC/C=C(\C=C(/C)OC(C)C)c1nc2ccc(-c3ccccc3P)cc2o1. The molecule has 168 valence electrons. The molecule has 3 rings (SSSR count). The highest BCUT2D eigenvalue weighted by atomic mass is 31.0. The fraction of sp³-hybridized carbons (Fsp3) is 0.370. The Morgan fingerprint density at radius 1 is 1.10 bits per heavy atom. The molecule has 1 aromatic heterocycles. The van der Waals surface area contributed by atoms with E-state index in [1.807, 2.05) is 72.7 Å². The van der Waals surface area contributed by atoms with Crippen LogP contribution in [0.25, 0.3) is 27.8 Å². The van der Waals surface area contributed by atoms with Gasteiger partial charge in [-0.1, -0.05) is 71.0 Å². The Balaban J connectivity index is 0.00000113. The molecule has 0 aliphatic heterocycles. The van der Waals surface area contributed by atoms with Crippen LogP contribution in [0, 0.1) is 0 Å². The van der Waals surface area contributed by atoms with E-state index >= 15 is 0 Å². The molecule has 3 nitrogen and oxygen atoms in total. The first kappa shape index (κ1) is 26.7. The topological polar surface area (TPSA) is 35.3 Å². The molecule has 0 saturated carbocycles. The third kappa shape index (κ3) is 7.67. The highest BCUT2D eigenvalue weighted by Gasteiger charge is 2.12. The molecule has 3 aromatic rings. The number of rotatable bonds is 6. The van der Waals surface area contributed by atoms with Crippen LogP contribution in [-0.4, -0.2) is 11.1 Å². The van der Waals surface area contributed by atoms with Gasteiger partial charge in [0, 0.05) is 5.57 Å². The second-order valence-electron chi connectivity index (χ2n) is 6.78. The molecule has 1 heterocycles. The van der Waals surface area contributed by atoms with Crippen LogP contribution in [-0.2, 0) is 4.74 Å². The molecule has 0 saturated heterocycles. The van der Waals surface area contributed by atoms with Crippen LogP contribution in [0.3, 0.4) is 0 Å². The van der Waals surface area contributed by atoms with Crippen molar-refractivity contribution in [3.8, 4) is 11.1 Å². The van der Waals surface area contributed by atoms with Crippen LogP contribution < -0.4 is 5.30 Å². The quantitative estimate of drug-likeness (QED) is 0.221. The molecule has 0 N–H and O–H groups in total. The highest BCUT2D eigenvalue weighted by Crippen LogP contribution is 2.28. The number of hydrogen-bond acceptors (Lipinski definition) is 3. The van der Waals surface area contributed by atoms with E-state index in [0.29, 0.717) is 5.89 Å². The van der Waals surface area contributed by atoms with Crippen molar-refractivity contribution >= 4 is 31.2 Å². The minimum absolute atomic E-state index is 0.141. The number of fused-ring (bicyclic) bond motifs is 1. The molecule has 0 bridgehead atoms. The van der Waals surface area contributed by atoms with Crippen LogP contribution in [0.4, 0.5) is 0 Å². The highest BCUT2D eigenvalue weighted by molar-refractivity contribution is 7.28. The van der Waals surface area contributed by atoms with E-state index in [0.717, 1.165) is 39.7 Å². The monoisotopic (exact) mass is 439 g/mol. The molecule has 1 unspecified atom stereocenters. The zero-order chi connectivity index (χ0) is 23.4. The van der Waals surface area contributed by atoms with Gasteiger partial charge in [0.25, 0.3) is 0 Å². The summed E-state index contributed by atoms with van der Waals surface area (Å²) in [5.74, 6) is 1.47. The van der Waals surface area contributed by atoms with E-state index in [-0.39, 0.29) is 6.10 Å². The predicted octanol–water partition coefficient (Wildman–Crippen LogP) is 8.17. The Bertz CT molecular complexity index is 999. The smallest absolute Gasteiger partial charge is 0.227 e. The van der Waals surface area contributed by atoms with Gasteiger partial charge in [-0.25, -0.2) is 4.98 Å². The molecular weight excluding hydrogens is 401 g/mol. The lowest BCUT2D eigenvalue weighted by molar-refractivity contribution is 0.149. The summed E-state index contributed by atoms with van der Waals surface area (Å²) in [4.78, 5) is 4.68. The van der Waals surface area contributed by atoms with Crippen LogP contribution in [0.15, 0.2) is 64.8 Å². The van der Waals surface area contributed by atoms with Gasteiger partial charge in [0.2, 0.25) is 5.89 Å². The van der Waals surface area contributed by atoms with Gasteiger partial charge in [-0.2, -0.15) is 0 Å². The Morgan fingerprint density at radius 3 is 2.39 bits per heavy atom. The molecule has 1 atom stereocenters. The maximum absolute atomic E-state index is 6.10. The van der Waals surface area contributed by atoms with Gasteiger partial charge in [0.15, 0.2) is 5.58 Å². The average Bonchev–Trinajstić information content (AvgIpc) is 3.19. The molecule has 2 aromatic carbocycles. The number of allylic oxidation sites excluding steroid dienone is 4. The maximum atomic E-state index is 6.10. The zero-order valence-corrected chi connectivity index (χ0v) is 21.5.